The van der Waals surface area contributed by atoms with Crippen LogP contribution in [0.4, 0.5) is 0 Å². The van der Waals surface area contributed by atoms with Gasteiger partial charge in [-0.1, -0.05) is 30.3 Å². The lowest BCUT2D eigenvalue weighted by Gasteiger charge is -2.34. The maximum atomic E-state index is 4.07. The predicted molar refractivity (Wildman–Crippen MR) is 76.7 cm³/mol. The van der Waals surface area contributed by atoms with Crippen molar-refractivity contribution in [3.63, 3.8) is 0 Å². The lowest BCUT2D eigenvalue weighted by atomic mass is 10.0. The second kappa shape index (κ2) is 5.95. The Balaban J connectivity index is 1.65. The van der Waals surface area contributed by atoms with E-state index in [-0.39, 0.29) is 0 Å². The van der Waals surface area contributed by atoms with E-state index in [0.717, 1.165) is 26.2 Å². The maximum Gasteiger partial charge on any atom is 0.0449 e. The Bertz CT molecular complexity index is 498. The summed E-state index contributed by atoms with van der Waals surface area (Å²) >= 11 is 0. The number of rotatable bonds is 3. The summed E-state index contributed by atoms with van der Waals surface area (Å²) in [4.78, 5) is 6.57. The highest BCUT2D eigenvalue weighted by Crippen LogP contribution is 2.18. The van der Waals surface area contributed by atoms with Crippen molar-refractivity contribution in [3.8, 4) is 0 Å². The molecule has 0 bridgehead atoms. The van der Waals surface area contributed by atoms with Crippen molar-refractivity contribution in [2.75, 3.05) is 19.6 Å². The van der Waals surface area contributed by atoms with Crippen LogP contribution in [0.3, 0.4) is 0 Å². The van der Waals surface area contributed by atoms with Crippen LogP contribution in [0.25, 0.3) is 0 Å². The zero-order valence-electron chi connectivity index (χ0n) is 11.0. The number of hydrogen-bond acceptors (Lipinski definition) is 3. The summed E-state index contributed by atoms with van der Waals surface area (Å²) in [6.07, 6.45) is 3.73. The van der Waals surface area contributed by atoms with E-state index in [1.54, 1.807) is 0 Å². The summed E-state index contributed by atoms with van der Waals surface area (Å²) in [6, 6.07) is 15.3. The molecule has 2 heterocycles. The summed E-state index contributed by atoms with van der Waals surface area (Å²) in [5.74, 6) is 0. The lowest BCUT2D eigenvalue weighted by molar-refractivity contribution is 0.193. The number of aromatic nitrogens is 1. The van der Waals surface area contributed by atoms with Gasteiger partial charge in [0.15, 0.2) is 0 Å². The van der Waals surface area contributed by atoms with Gasteiger partial charge in [0.2, 0.25) is 0 Å². The van der Waals surface area contributed by atoms with Gasteiger partial charge in [0.05, 0.1) is 0 Å². The average Bonchev–Trinajstić information content (AvgIpc) is 2.49. The van der Waals surface area contributed by atoms with E-state index in [1.807, 2.05) is 12.4 Å². The zero-order valence-corrected chi connectivity index (χ0v) is 11.0. The molecule has 1 aromatic carbocycles. The topological polar surface area (TPSA) is 28.2 Å². The van der Waals surface area contributed by atoms with Gasteiger partial charge in [0.25, 0.3) is 0 Å². The summed E-state index contributed by atoms with van der Waals surface area (Å²) in [5.41, 5.74) is 2.71. The van der Waals surface area contributed by atoms with Crippen molar-refractivity contribution < 1.29 is 0 Å². The molecule has 3 nitrogen and oxygen atoms in total. The molecular weight excluding hydrogens is 234 g/mol. The molecule has 1 saturated heterocycles. The molecule has 1 aromatic heterocycles. The molecule has 98 valence electrons. The van der Waals surface area contributed by atoms with Crippen LogP contribution < -0.4 is 5.32 Å². The third-order valence-electron chi connectivity index (χ3n) is 3.62. The second-order valence-corrected chi connectivity index (χ2v) is 5.01. The van der Waals surface area contributed by atoms with Gasteiger partial charge in [0.1, 0.15) is 0 Å². The fraction of sp³-hybridized carbons (Fsp3) is 0.312. The minimum absolute atomic E-state index is 0.441. The first kappa shape index (κ1) is 12.3. The van der Waals surface area contributed by atoms with Crippen molar-refractivity contribution >= 4 is 0 Å². The normalized spacial score (nSPS) is 20.3. The van der Waals surface area contributed by atoms with Gasteiger partial charge < -0.3 is 5.32 Å². The third kappa shape index (κ3) is 3.19. The number of benzene rings is 1. The maximum absolute atomic E-state index is 4.07. The van der Waals surface area contributed by atoms with E-state index in [0.29, 0.717) is 6.04 Å². The van der Waals surface area contributed by atoms with E-state index in [9.17, 15) is 0 Å². The SMILES string of the molecule is c1ccc(C2CN(Cc3ccncc3)CCN2)cc1. The van der Waals surface area contributed by atoms with Crippen LogP contribution in [0.2, 0.25) is 0 Å². The van der Waals surface area contributed by atoms with Gasteiger partial charge in [0, 0.05) is 44.6 Å². The number of pyridine rings is 1. The number of nitrogens with zero attached hydrogens (tertiary/aromatic N) is 2. The second-order valence-electron chi connectivity index (χ2n) is 5.01. The molecule has 2 aromatic rings. The fourth-order valence-electron chi connectivity index (χ4n) is 2.61. The van der Waals surface area contributed by atoms with Crippen LogP contribution in [0.15, 0.2) is 54.9 Å². The molecule has 0 spiro atoms. The molecule has 1 unspecified atom stereocenters. The predicted octanol–water partition coefficient (Wildman–Crippen LogP) is 2.23. The van der Waals surface area contributed by atoms with Crippen molar-refractivity contribution in [2.45, 2.75) is 12.6 Å². The van der Waals surface area contributed by atoms with E-state index in [2.05, 4.69) is 57.7 Å². The van der Waals surface area contributed by atoms with Gasteiger partial charge >= 0.3 is 0 Å². The highest BCUT2D eigenvalue weighted by atomic mass is 15.2. The van der Waals surface area contributed by atoms with Gasteiger partial charge in [-0.25, -0.2) is 0 Å². The Morgan fingerprint density at radius 3 is 2.68 bits per heavy atom. The summed E-state index contributed by atoms with van der Waals surface area (Å²) in [7, 11) is 0. The van der Waals surface area contributed by atoms with Crippen molar-refractivity contribution in [3.05, 3.63) is 66.0 Å². The number of nitrogens with one attached hydrogen (secondary N) is 1. The van der Waals surface area contributed by atoms with E-state index in [4.69, 9.17) is 0 Å². The Morgan fingerprint density at radius 1 is 1.11 bits per heavy atom. The molecule has 3 rings (SSSR count). The van der Waals surface area contributed by atoms with Crippen molar-refractivity contribution in [1.82, 2.24) is 15.2 Å². The van der Waals surface area contributed by atoms with E-state index < -0.39 is 0 Å². The molecular formula is C16H19N3. The molecule has 1 atom stereocenters. The quantitative estimate of drug-likeness (QED) is 0.909. The first-order valence-corrected chi connectivity index (χ1v) is 6.81. The highest BCUT2D eigenvalue weighted by molar-refractivity contribution is 5.20. The smallest absolute Gasteiger partial charge is 0.0449 e. The van der Waals surface area contributed by atoms with Crippen molar-refractivity contribution in [2.24, 2.45) is 0 Å². The fourth-order valence-corrected chi connectivity index (χ4v) is 2.61. The van der Waals surface area contributed by atoms with Crippen molar-refractivity contribution in [1.29, 1.82) is 0 Å². The van der Waals surface area contributed by atoms with Crippen LogP contribution in [0, 0.1) is 0 Å². The molecule has 0 radical (unpaired) electrons. The lowest BCUT2D eigenvalue weighted by Crippen LogP contribution is -2.45. The zero-order chi connectivity index (χ0) is 12.9. The molecule has 0 saturated carbocycles. The molecule has 0 amide bonds. The van der Waals surface area contributed by atoms with E-state index >= 15 is 0 Å². The molecule has 19 heavy (non-hydrogen) atoms. The van der Waals surface area contributed by atoms with Crippen LogP contribution in [-0.4, -0.2) is 29.5 Å². The first-order valence-electron chi connectivity index (χ1n) is 6.81. The average molecular weight is 253 g/mol. The van der Waals surface area contributed by atoms with Crippen LogP contribution in [0.1, 0.15) is 17.2 Å². The Hall–Kier alpha value is -1.71. The Morgan fingerprint density at radius 2 is 1.89 bits per heavy atom. The number of hydrogen-bond donors (Lipinski definition) is 1. The summed E-state index contributed by atoms with van der Waals surface area (Å²) in [6.45, 7) is 4.22. The third-order valence-corrected chi connectivity index (χ3v) is 3.62. The molecule has 1 N–H and O–H groups in total. The van der Waals surface area contributed by atoms with Crippen LogP contribution >= 0.6 is 0 Å². The Kier molecular flexibility index (Phi) is 3.86. The van der Waals surface area contributed by atoms with Crippen LogP contribution in [0.5, 0.6) is 0 Å². The van der Waals surface area contributed by atoms with Gasteiger partial charge in [-0.15, -0.1) is 0 Å². The first-order chi connectivity index (χ1) is 9.42. The minimum Gasteiger partial charge on any atom is -0.308 e. The van der Waals surface area contributed by atoms with Gasteiger partial charge in [-0.3, -0.25) is 9.88 Å². The summed E-state index contributed by atoms with van der Waals surface area (Å²) in [5, 5.41) is 3.60. The number of piperazine rings is 1. The molecule has 1 aliphatic heterocycles. The summed E-state index contributed by atoms with van der Waals surface area (Å²) < 4.78 is 0. The van der Waals surface area contributed by atoms with Gasteiger partial charge in [-0.05, 0) is 23.3 Å². The van der Waals surface area contributed by atoms with Gasteiger partial charge in [-0.2, -0.15) is 0 Å². The molecule has 3 heteroatoms. The van der Waals surface area contributed by atoms with E-state index in [1.165, 1.54) is 11.1 Å². The largest absolute Gasteiger partial charge is 0.308 e. The monoisotopic (exact) mass is 253 g/mol. The molecule has 0 aliphatic carbocycles. The standard InChI is InChI=1S/C16H19N3/c1-2-4-15(5-3-1)16-13-19(11-10-18-16)12-14-6-8-17-9-7-14/h1-9,16,18H,10-13H2. The minimum atomic E-state index is 0.441. The van der Waals surface area contributed by atoms with Crippen LogP contribution in [-0.2, 0) is 6.54 Å². The highest BCUT2D eigenvalue weighted by Gasteiger charge is 2.20. The molecule has 1 fully saturated rings. The molecule has 1 aliphatic rings. The Labute approximate surface area is 114 Å².